The Labute approximate surface area is 113 Å². The van der Waals surface area contributed by atoms with Crippen molar-refractivity contribution < 1.29 is 9.34 Å². The van der Waals surface area contributed by atoms with Crippen molar-refractivity contribution in [2.75, 3.05) is 0 Å². The van der Waals surface area contributed by atoms with Gasteiger partial charge in [0.2, 0.25) is 6.20 Å². The van der Waals surface area contributed by atoms with Gasteiger partial charge in [0, 0.05) is 5.56 Å². The summed E-state index contributed by atoms with van der Waals surface area (Å²) >= 11 is 11.9. The van der Waals surface area contributed by atoms with Crippen LogP contribution in [0, 0.1) is 10.1 Å². The molecule has 2 rings (SSSR count). The molecule has 0 amide bonds. The Morgan fingerprint density at radius 1 is 1.22 bits per heavy atom. The molecule has 18 heavy (non-hydrogen) atoms. The van der Waals surface area contributed by atoms with Gasteiger partial charge in [-0.2, -0.15) is 0 Å². The molecule has 0 atom stereocenters. The topological polar surface area (TPSA) is 56.3 Å². The number of furan rings is 1. The lowest BCUT2D eigenvalue weighted by molar-refractivity contribution is -0.401. The van der Waals surface area contributed by atoms with Crippen LogP contribution in [0.15, 0.2) is 40.9 Å². The minimum absolute atomic E-state index is 0.373. The number of halogens is 2. The van der Waals surface area contributed by atoms with E-state index in [2.05, 4.69) is 0 Å². The Bertz CT molecular complexity index is 620. The smallest absolute Gasteiger partial charge is 0.238 e. The van der Waals surface area contributed by atoms with Gasteiger partial charge in [0.15, 0.2) is 0 Å². The standard InChI is InChI=1S/C12H7Cl2NO3/c13-10-3-1-2-9(12(10)14)11-5-4-8(18-11)6-7-15(16)17/h1-7H/b7-6-. The van der Waals surface area contributed by atoms with Crippen LogP contribution in [0.25, 0.3) is 17.4 Å². The molecule has 0 aliphatic heterocycles. The minimum Gasteiger partial charge on any atom is -0.456 e. The zero-order valence-electron chi connectivity index (χ0n) is 8.97. The molecule has 1 heterocycles. The summed E-state index contributed by atoms with van der Waals surface area (Å²) in [5.74, 6) is 0.878. The summed E-state index contributed by atoms with van der Waals surface area (Å²) in [4.78, 5) is 9.63. The van der Waals surface area contributed by atoms with Gasteiger partial charge in [0.05, 0.1) is 21.0 Å². The van der Waals surface area contributed by atoms with E-state index < -0.39 is 4.92 Å². The first-order chi connectivity index (χ1) is 8.58. The van der Waals surface area contributed by atoms with Crippen molar-refractivity contribution in [2.24, 2.45) is 0 Å². The third-order valence-electron chi connectivity index (χ3n) is 2.20. The lowest BCUT2D eigenvalue weighted by Crippen LogP contribution is -1.81. The fraction of sp³-hybridized carbons (Fsp3) is 0. The van der Waals surface area contributed by atoms with E-state index in [4.69, 9.17) is 27.6 Å². The molecule has 4 nitrogen and oxygen atoms in total. The number of nitrogens with zero attached hydrogens (tertiary/aromatic N) is 1. The van der Waals surface area contributed by atoms with Crippen LogP contribution in [-0.2, 0) is 0 Å². The predicted molar refractivity (Wildman–Crippen MR) is 70.2 cm³/mol. The van der Waals surface area contributed by atoms with E-state index in [0.29, 0.717) is 27.1 Å². The van der Waals surface area contributed by atoms with E-state index in [0.717, 1.165) is 6.20 Å². The molecule has 0 unspecified atom stereocenters. The van der Waals surface area contributed by atoms with E-state index in [1.54, 1.807) is 30.3 Å². The van der Waals surface area contributed by atoms with Crippen molar-refractivity contribution in [1.82, 2.24) is 0 Å². The van der Waals surface area contributed by atoms with Crippen LogP contribution < -0.4 is 0 Å². The summed E-state index contributed by atoms with van der Waals surface area (Å²) in [7, 11) is 0. The van der Waals surface area contributed by atoms with E-state index >= 15 is 0 Å². The van der Waals surface area contributed by atoms with Crippen molar-refractivity contribution in [3.8, 4) is 11.3 Å². The molecule has 2 aromatic rings. The molecule has 0 aliphatic rings. The Balaban J connectivity index is 2.35. The van der Waals surface area contributed by atoms with Gasteiger partial charge in [-0.3, -0.25) is 10.1 Å². The van der Waals surface area contributed by atoms with E-state index in [-0.39, 0.29) is 0 Å². The molecule has 0 saturated heterocycles. The van der Waals surface area contributed by atoms with Crippen LogP contribution in [0.4, 0.5) is 0 Å². The van der Waals surface area contributed by atoms with Gasteiger partial charge in [-0.15, -0.1) is 0 Å². The minimum atomic E-state index is -0.561. The van der Waals surface area contributed by atoms with Gasteiger partial charge in [0.1, 0.15) is 11.5 Å². The second-order valence-corrected chi connectivity index (χ2v) is 4.19. The molecule has 0 fully saturated rings. The van der Waals surface area contributed by atoms with Crippen molar-refractivity contribution in [3.63, 3.8) is 0 Å². The number of hydrogen-bond acceptors (Lipinski definition) is 3. The molecular formula is C12H7Cl2NO3. The first-order valence-corrected chi connectivity index (χ1v) is 5.69. The maximum absolute atomic E-state index is 10.2. The van der Waals surface area contributed by atoms with Gasteiger partial charge < -0.3 is 4.42 Å². The highest BCUT2D eigenvalue weighted by molar-refractivity contribution is 6.43. The van der Waals surface area contributed by atoms with E-state index in [1.165, 1.54) is 6.08 Å². The summed E-state index contributed by atoms with van der Waals surface area (Å²) in [6, 6.07) is 8.47. The number of rotatable bonds is 3. The Hall–Kier alpha value is -1.78. The van der Waals surface area contributed by atoms with E-state index in [9.17, 15) is 10.1 Å². The van der Waals surface area contributed by atoms with Gasteiger partial charge in [-0.1, -0.05) is 29.3 Å². The van der Waals surface area contributed by atoms with Gasteiger partial charge in [0.25, 0.3) is 0 Å². The first kappa shape index (κ1) is 12.7. The summed E-state index contributed by atoms with van der Waals surface area (Å²) in [5.41, 5.74) is 0.643. The normalized spacial score (nSPS) is 11.0. The average molecular weight is 284 g/mol. The Morgan fingerprint density at radius 3 is 2.72 bits per heavy atom. The maximum atomic E-state index is 10.2. The van der Waals surface area contributed by atoms with Crippen LogP contribution in [0.1, 0.15) is 5.76 Å². The predicted octanol–water partition coefficient (Wildman–Crippen LogP) is 4.50. The summed E-state index contributed by atoms with van der Waals surface area (Å²) in [6.07, 6.45) is 2.07. The lowest BCUT2D eigenvalue weighted by Gasteiger charge is -2.01. The molecule has 0 saturated carbocycles. The number of benzene rings is 1. The van der Waals surface area contributed by atoms with Crippen LogP contribution in [0.5, 0.6) is 0 Å². The largest absolute Gasteiger partial charge is 0.456 e. The molecule has 6 heteroatoms. The zero-order valence-corrected chi connectivity index (χ0v) is 10.5. The number of nitro groups is 1. The second kappa shape index (κ2) is 5.25. The maximum Gasteiger partial charge on any atom is 0.238 e. The molecule has 0 bridgehead atoms. The average Bonchev–Trinajstić information content (AvgIpc) is 2.78. The molecule has 0 aliphatic carbocycles. The summed E-state index contributed by atoms with van der Waals surface area (Å²) in [6.45, 7) is 0. The summed E-state index contributed by atoms with van der Waals surface area (Å²) in [5, 5.41) is 11.0. The molecular weight excluding hydrogens is 277 g/mol. The first-order valence-electron chi connectivity index (χ1n) is 4.94. The van der Waals surface area contributed by atoms with Gasteiger partial charge in [-0.05, 0) is 24.3 Å². The third kappa shape index (κ3) is 2.72. The molecule has 1 aromatic carbocycles. The van der Waals surface area contributed by atoms with Gasteiger partial charge >= 0.3 is 0 Å². The van der Waals surface area contributed by atoms with Crippen LogP contribution in [0.2, 0.25) is 10.0 Å². The Kier molecular flexibility index (Phi) is 3.69. The molecule has 0 N–H and O–H groups in total. The zero-order chi connectivity index (χ0) is 13.1. The molecule has 0 radical (unpaired) electrons. The monoisotopic (exact) mass is 283 g/mol. The SMILES string of the molecule is O=[N+]([O-])/C=C\c1ccc(-c2cccc(Cl)c2Cl)o1. The van der Waals surface area contributed by atoms with Crippen LogP contribution >= 0.6 is 23.2 Å². The fourth-order valence-corrected chi connectivity index (χ4v) is 1.81. The van der Waals surface area contributed by atoms with Crippen LogP contribution in [-0.4, -0.2) is 4.92 Å². The highest BCUT2D eigenvalue weighted by atomic mass is 35.5. The van der Waals surface area contributed by atoms with E-state index in [1.807, 2.05) is 0 Å². The van der Waals surface area contributed by atoms with Crippen molar-refractivity contribution in [1.29, 1.82) is 0 Å². The number of hydrogen-bond donors (Lipinski definition) is 0. The van der Waals surface area contributed by atoms with Crippen molar-refractivity contribution in [3.05, 3.63) is 62.5 Å². The fourth-order valence-electron chi connectivity index (χ4n) is 1.42. The van der Waals surface area contributed by atoms with Gasteiger partial charge in [-0.25, -0.2) is 0 Å². The van der Waals surface area contributed by atoms with Crippen molar-refractivity contribution >= 4 is 29.3 Å². The summed E-state index contributed by atoms with van der Waals surface area (Å²) < 4.78 is 5.42. The second-order valence-electron chi connectivity index (χ2n) is 3.40. The third-order valence-corrected chi connectivity index (χ3v) is 3.02. The highest BCUT2D eigenvalue weighted by Gasteiger charge is 2.10. The molecule has 0 spiro atoms. The lowest BCUT2D eigenvalue weighted by atomic mass is 10.2. The molecule has 1 aromatic heterocycles. The highest BCUT2D eigenvalue weighted by Crippen LogP contribution is 2.34. The Morgan fingerprint density at radius 2 is 2.00 bits per heavy atom. The van der Waals surface area contributed by atoms with Crippen molar-refractivity contribution in [2.45, 2.75) is 0 Å². The quantitative estimate of drug-likeness (QED) is 0.615. The van der Waals surface area contributed by atoms with Crippen LogP contribution in [0.3, 0.4) is 0 Å². The molecule has 92 valence electrons.